The van der Waals surface area contributed by atoms with Crippen LogP contribution in [-0.4, -0.2) is 33.0 Å². The van der Waals surface area contributed by atoms with E-state index in [4.69, 9.17) is 0 Å². The first-order valence-electron chi connectivity index (χ1n) is 12.7. The molecule has 1 fully saturated rings. The number of fused-ring (bicyclic) bond motifs is 1. The summed E-state index contributed by atoms with van der Waals surface area (Å²) in [5.41, 5.74) is 6.98. The molecule has 5 heteroatoms. The maximum absolute atomic E-state index is 14.0. The quantitative estimate of drug-likeness (QED) is 0.407. The molecule has 3 aromatic carbocycles. The largest absolute Gasteiger partial charge is 0.341 e. The lowest BCUT2D eigenvalue weighted by Crippen LogP contribution is -2.43. The molecular weight excluding hydrogens is 432 g/mol. The number of rotatable bonds is 6. The summed E-state index contributed by atoms with van der Waals surface area (Å²) in [5.74, 6) is 0.127. The van der Waals surface area contributed by atoms with Gasteiger partial charge in [-0.2, -0.15) is 0 Å². The molecule has 2 heterocycles. The van der Waals surface area contributed by atoms with Crippen molar-refractivity contribution in [2.75, 3.05) is 13.1 Å². The number of aromatic nitrogens is 2. The topological polar surface area (TPSA) is 54.0 Å². The molecule has 1 atom stereocenters. The van der Waals surface area contributed by atoms with E-state index in [-0.39, 0.29) is 5.91 Å². The molecule has 1 aliphatic rings. The number of carbonyl (C=O) groups is 1. The Labute approximate surface area is 207 Å². The van der Waals surface area contributed by atoms with Crippen molar-refractivity contribution in [2.45, 2.75) is 52.1 Å². The predicted molar refractivity (Wildman–Crippen MR) is 140 cm³/mol. The normalized spacial score (nSPS) is 14.9. The van der Waals surface area contributed by atoms with Gasteiger partial charge < -0.3 is 9.47 Å². The summed E-state index contributed by atoms with van der Waals surface area (Å²) < 4.78 is 4.01. The number of carbonyl (C=O) groups excluding carboxylic acids is 1. The van der Waals surface area contributed by atoms with Crippen LogP contribution >= 0.6 is 0 Å². The van der Waals surface area contributed by atoms with Crippen LogP contribution in [0, 0.1) is 19.3 Å². The Morgan fingerprint density at radius 1 is 0.800 bits per heavy atom. The molecular formula is C30H34N4O. The zero-order valence-corrected chi connectivity index (χ0v) is 20.7. The van der Waals surface area contributed by atoms with E-state index >= 15 is 0 Å². The van der Waals surface area contributed by atoms with E-state index in [1.54, 1.807) is 0 Å². The fourth-order valence-electron chi connectivity index (χ4n) is 5.17. The molecule has 1 amide bonds. The number of likely N-dealkylation sites (tertiary alicyclic amines) is 1. The van der Waals surface area contributed by atoms with Gasteiger partial charge in [-0.15, -0.1) is 0 Å². The molecule has 4 aromatic rings. The molecule has 180 valence electrons. The summed E-state index contributed by atoms with van der Waals surface area (Å²) >= 11 is 0. The maximum atomic E-state index is 14.0. The molecule has 5 rings (SSSR count). The van der Waals surface area contributed by atoms with Gasteiger partial charge in [0.05, 0.1) is 17.6 Å². The molecule has 5 nitrogen and oxygen atoms in total. The van der Waals surface area contributed by atoms with Gasteiger partial charge in [-0.05, 0) is 56.4 Å². The highest BCUT2D eigenvalue weighted by Gasteiger charge is 2.30. The number of hydrogen-bond acceptors (Lipinski definition) is 2. The van der Waals surface area contributed by atoms with Gasteiger partial charge in [0.15, 0.2) is 0 Å². The highest BCUT2D eigenvalue weighted by atomic mass is 16.2. The van der Waals surface area contributed by atoms with Crippen LogP contribution in [0.15, 0.2) is 72.8 Å². The van der Waals surface area contributed by atoms with E-state index < -0.39 is 6.04 Å². The summed E-state index contributed by atoms with van der Waals surface area (Å²) in [6.07, 6.45) is 3.86. The van der Waals surface area contributed by atoms with E-state index in [2.05, 4.69) is 68.4 Å². The molecule has 0 aliphatic carbocycles. The Balaban J connectivity index is 1.61. The van der Waals surface area contributed by atoms with Gasteiger partial charge in [0.1, 0.15) is 6.04 Å². The Morgan fingerprint density at radius 3 is 2.00 bits per heavy atom. The number of benzene rings is 3. The SMILES string of the molecule is Cc1ccc(CC(C(=O)N2CCCCC2)n2c(=N)n(Cc3ccc(C)cc3)c3ccccc32)cc1. The Hall–Kier alpha value is -3.60. The molecule has 1 aromatic heterocycles. The average Bonchev–Trinajstić information content (AvgIpc) is 3.16. The van der Waals surface area contributed by atoms with E-state index in [1.165, 1.54) is 17.5 Å². The van der Waals surface area contributed by atoms with Crippen molar-refractivity contribution in [1.29, 1.82) is 5.41 Å². The number of nitrogens with zero attached hydrogens (tertiary/aromatic N) is 3. The third-order valence-corrected chi connectivity index (χ3v) is 7.19. The van der Waals surface area contributed by atoms with Crippen LogP contribution in [0.5, 0.6) is 0 Å². The summed E-state index contributed by atoms with van der Waals surface area (Å²) in [5, 5.41) is 9.26. The number of hydrogen-bond donors (Lipinski definition) is 1. The van der Waals surface area contributed by atoms with Gasteiger partial charge in [0.2, 0.25) is 11.5 Å². The number of aryl methyl sites for hydroxylation is 2. The molecule has 1 aliphatic heterocycles. The van der Waals surface area contributed by atoms with Crippen LogP contribution in [0.4, 0.5) is 0 Å². The molecule has 1 saturated heterocycles. The van der Waals surface area contributed by atoms with E-state index in [0.29, 0.717) is 18.6 Å². The van der Waals surface area contributed by atoms with E-state index in [0.717, 1.165) is 48.1 Å². The lowest BCUT2D eigenvalue weighted by Gasteiger charge is -2.31. The molecule has 1 unspecified atom stereocenters. The van der Waals surface area contributed by atoms with Gasteiger partial charge in [0.25, 0.3) is 0 Å². The van der Waals surface area contributed by atoms with Crippen molar-refractivity contribution in [3.8, 4) is 0 Å². The first kappa shape index (κ1) is 23.2. The van der Waals surface area contributed by atoms with Crippen molar-refractivity contribution in [3.05, 3.63) is 101 Å². The lowest BCUT2D eigenvalue weighted by molar-refractivity contribution is -0.135. The fraction of sp³-hybridized carbons (Fsp3) is 0.333. The number of nitrogens with one attached hydrogen (secondary N) is 1. The third kappa shape index (κ3) is 4.81. The van der Waals surface area contributed by atoms with Gasteiger partial charge >= 0.3 is 0 Å². The molecule has 1 N–H and O–H groups in total. The predicted octanol–water partition coefficient (Wildman–Crippen LogP) is 5.38. The molecule has 0 radical (unpaired) electrons. The van der Waals surface area contributed by atoms with Crippen molar-refractivity contribution in [1.82, 2.24) is 14.0 Å². The van der Waals surface area contributed by atoms with Crippen LogP contribution in [0.3, 0.4) is 0 Å². The summed E-state index contributed by atoms with van der Waals surface area (Å²) in [4.78, 5) is 16.0. The van der Waals surface area contributed by atoms with Gasteiger partial charge in [-0.1, -0.05) is 71.8 Å². The van der Waals surface area contributed by atoms with Crippen LogP contribution in [0.2, 0.25) is 0 Å². The highest BCUT2D eigenvalue weighted by Crippen LogP contribution is 2.25. The second-order valence-electron chi connectivity index (χ2n) is 9.85. The Kier molecular flexibility index (Phi) is 6.58. The first-order valence-corrected chi connectivity index (χ1v) is 12.7. The van der Waals surface area contributed by atoms with Crippen LogP contribution in [0.25, 0.3) is 11.0 Å². The smallest absolute Gasteiger partial charge is 0.246 e. The minimum atomic E-state index is -0.451. The Bertz CT molecular complexity index is 1370. The fourth-order valence-corrected chi connectivity index (χ4v) is 5.17. The maximum Gasteiger partial charge on any atom is 0.246 e. The van der Waals surface area contributed by atoms with Crippen molar-refractivity contribution >= 4 is 16.9 Å². The number of imidazole rings is 1. The standard InChI is InChI=1S/C30H34N4O/c1-22-10-14-24(15-11-22)20-28(29(35)32-18-6-3-7-19-32)34-27-9-5-4-8-26(27)33(30(34)31)21-25-16-12-23(2)13-17-25/h4-5,8-17,28,31H,3,6-7,18-21H2,1-2H3. The lowest BCUT2D eigenvalue weighted by atomic mass is 10.0. The minimum absolute atomic E-state index is 0.127. The zero-order chi connectivity index (χ0) is 24.4. The first-order chi connectivity index (χ1) is 17.0. The molecule has 35 heavy (non-hydrogen) atoms. The second kappa shape index (κ2) is 9.95. The third-order valence-electron chi connectivity index (χ3n) is 7.19. The number of para-hydroxylation sites is 2. The molecule has 0 spiro atoms. The molecule has 0 saturated carbocycles. The summed E-state index contributed by atoms with van der Waals surface area (Å²) in [6.45, 7) is 6.37. The zero-order valence-electron chi connectivity index (χ0n) is 20.7. The van der Waals surface area contributed by atoms with E-state index in [1.807, 2.05) is 32.2 Å². The van der Waals surface area contributed by atoms with Gasteiger partial charge in [0, 0.05) is 19.5 Å². The van der Waals surface area contributed by atoms with Crippen molar-refractivity contribution in [3.63, 3.8) is 0 Å². The minimum Gasteiger partial charge on any atom is -0.341 e. The van der Waals surface area contributed by atoms with Gasteiger partial charge in [-0.3, -0.25) is 14.8 Å². The average molecular weight is 467 g/mol. The molecule has 0 bridgehead atoms. The van der Waals surface area contributed by atoms with Crippen LogP contribution in [0.1, 0.15) is 47.6 Å². The van der Waals surface area contributed by atoms with Crippen molar-refractivity contribution in [2.24, 2.45) is 0 Å². The second-order valence-corrected chi connectivity index (χ2v) is 9.85. The number of piperidine rings is 1. The van der Waals surface area contributed by atoms with Crippen LogP contribution < -0.4 is 5.62 Å². The monoisotopic (exact) mass is 466 g/mol. The summed E-state index contributed by atoms with van der Waals surface area (Å²) in [6, 6.07) is 24.6. The van der Waals surface area contributed by atoms with Crippen LogP contribution in [-0.2, 0) is 17.8 Å². The summed E-state index contributed by atoms with van der Waals surface area (Å²) in [7, 11) is 0. The van der Waals surface area contributed by atoms with Gasteiger partial charge in [-0.25, -0.2) is 0 Å². The number of amides is 1. The highest BCUT2D eigenvalue weighted by molar-refractivity contribution is 5.84. The van der Waals surface area contributed by atoms with Crippen molar-refractivity contribution < 1.29 is 4.79 Å². The van der Waals surface area contributed by atoms with E-state index in [9.17, 15) is 10.2 Å². The Morgan fingerprint density at radius 2 is 1.37 bits per heavy atom.